The van der Waals surface area contributed by atoms with E-state index in [0.717, 1.165) is 21.7 Å². The molecule has 3 heterocycles. The third-order valence-corrected chi connectivity index (χ3v) is 4.73. The van der Waals surface area contributed by atoms with Crippen molar-refractivity contribution < 1.29 is 4.52 Å². The zero-order valence-electron chi connectivity index (χ0n) is 13.7. The van der Waals surface area contributed by atoms with Crippen molar-refractivity contribution >= 4 is 11.3 Å². The van der Waals surface area contributed by atoms with Gasteiger partial charge in [0.2, 0.25) is 11.7 Å². The van der Waals surface area contributed by atoms with Gasteiger partial charge in [0, 0.05) is 0 Å². The van der Waals surface area contributed by atoms with Crippen molar-refractivity contribution in [3.05, 3.63) is 69.5 Å². The van der Waals surface area contributed by atoms with Crippen LogP contribution in [0.15, 0.2) is 51.4 Å². The minimum Gasteiger partial charge on any atom is -0.337 e. The van der Waals surface area contributed by atoms with Gasteiger partial charge >= 0.3 is 5.69 Å². The van der Waals surface area contributed by atoms with Gasteiger partial charge in [-0.25, -0.2) is 14.2 Å². The Kier molecular flexibility index (Phi) is 3.81. The number of aromatic nitrogens is 5. The molecule has 25 heavy (non-hydrogen) atoms. The molecule has 0 saturated heterocycles. The predicted octanol–water partition coefficient (Wildman–Crippen LogP) is 2.81. The van der Waals surface area contributed by atoms with Gasteiger partial charge in [0.15, 0.2) is 0 Å². The maximum Gasteiger partial charge on any atom is 0.364 e. The predicted molar refractivity (Wildman–Crippen MR) is 94.0 cm³/mol. The Hall–Kier alpha value is -3.00. The molecule has 0 fully saturated rings. The van der Waals surface area contributed by atoms with Crippen molar-refractivity contribution in [1.82, 2.24) is 24.5 Å². The van der Waals surface area contributed by atoms with E-state index >= 15 is 0 Å². The lowest BCUT2D eigenvalue weighted by Crippen LogP contribution is -2.24. The average Bonchev–Trinajstić information content (AvgIpc) is 3.32. The summed E-state index contributed by atoms with van der Waals surface area (Å²) < 4.78 is 8.51. The summed E-state index contributed by atoms with van der Waals surface area (Å²) in [6.07, 6.45) is 1.51. The number of nitrogens with zero attached hydrogens (tertiary/aromatic N) is 5. The first kappa shape index (κ1) is 15.5. The molecule has 8 heteroatoms. The van der Waals surface area contributed by atoms with E-state index in [1.165, 1.54) is 22.3 Å². The van der Waals surface area contributed by atoms with E-state index in [2.05, 4.69) is 15.1 Å². The van der Waals surface area contributed by atoms with Crippen LogP contribution in [-0.4, -0.2) is 24.5 Å². The SMILES string of the molecule is Cc1ccc(C)c(-n2cnc(=O)n2Cc2nc(-c3cccs3)no2)c1. The van der Waals surface area contributed by atoms with E-state index in [0.29, 0.717) is 11.7 Å². The Balaban J connectivity index is 1.71. The van der Waals surface area contributed by atoms with Crippen molar-refractivity contribution in [1.29, 1.82) is 0 Å². The smallest absolute Gasteiger partial charge is 0.337 e. The van der Waals surface area contributed by atoms with Crippen LogP contribution in [0.3, 0.4) is 0 Å². The molecule has 0 unspecified atom stereocenters. The van der Waals surface area contributed by atoms with Crippen molar-refractivity contribution in [2.24, 2.45) is 0 Å². The second kappa shape index (κ2) is 6.14. The average molecular weight is 353 g/mol. The number of thiophene rings is 1. The maximum absolute atomic E-state index is 12.2. The molecule has 1 aromatic carbocycles. The van der Waals surface area contributed by atoms with Gasteiger partial charge in [-0.15, -0.1) is 11.3 Å². The molecule has 0 amide bonds. The zero-order chi connectivity index (χ0) is 17.4. The molecule has 4 rings (SSSR count). The highest BCUT2D eigenvalue weighted by Gasteiger charge is 2.15. The minimum absolute atomic E-state index is 0.157. The molecular weight excluding hydrogens is 338 g/mol. The first-order valence-electron chi connectivity index (χ1n) is 7.70. The van der Waals surface area contributed by atoms with E-state index in [4.69, 9.17) is 4.52 Å². The molecule has 0 radical (unpaired) electrons. The topological polar surface area (TPSA) is 78.7 Å². The van der Waals surface area contributed by atoms with Crippen molar-refractivity contribution in [2.75, 3.05) is 0 Å². The highest BCUT2D eigenvalue weighted by atomic mass is 32.1. The molecule has 126 valence electrons. The van der Waals surface area contributed by atoms with Crippen molar-refractivity contribution in [2.45, 2.75) is 20.4 Å². The zero-order valence-corrected chi connectivity index (χ0v) is 14.5. The summed E-state index contributed by atoms with van der Waals surface area (Å²) >= 11 is 1.53. The van der Waals surface area contributed by atoms with Gasteiger partial charge in [0.25, 0.3) is 0 Å². The Morgan fingerprint density at radius 1 is 1.24 bits per heavy atom. The lowest BCUT2D eigenvalue weighted by Gasteiger charge is -2.12. The molecule has 4 aromatic rings. The molecule has 0 saturated carbocycles. The molecule has 0 aliphatic carbocycles. The van der Waals surface area contributed by atoms with Gasteiger partial charge in [-0.05, 0) is 42.5 Å². The van der Waals surface area contributed by atoms with Crippen LogP contribution in [0.25, 0.3) is 16.4 Å². The van der Waals surface area contributed by atoms with Gasteiger partial charge in [-0.1, -0.05) is 23.4 Å². The van der Waals surface area contributed by atoms with Gasteiger partial charge in [-0.3, -0.25) is 0 Å². The van der Waals surface area contributed by atoms with Crippen LogP contribution in [-0.2, 0) is 6.54 Å². The highest BCUT2D eigenvalue weighted by molar-refractivity contribution is 7.13. The van der Waals surface area contributed by atoms with Crippen molar-refractivity contribution in [3.8, 4) is 16.4 Å². The lowest BCUT2D eigenvalue weighted by atomic mass is 10.1. The Bertz CT molecular complexity index is 1070. The second-order valence-corrected chi connectivity index (χ2v) is 6.66. The van der Waals surface area contributed by atoms with Crippen LogP contribution < -0.4 is 5.69 Å². The Labute approximate surface area is 147 Å². The highest BCUT2D eigenvalue weighted by Crippen LogP contribution is 2.21. The fraction of sp³-hybridized carbons (Fsp3) is 0.176. The molecule has 0 atom stereocenters. The number of benzene rings is 1. The van der Waals surface area contributed by atoms with Gasteiger partial charge in [-0.2, -0.15) is 9.97 Å². The standard InChI is InChI=1S/C17H15N5O2S/c1-11-5-6-12(2)13(8-11)22-10-18-17(23)21(22)9-15-19-16(20-24-15)14-4-3-7-25-14/h3-8,10H,9H2,1-2H3. The van der Waals surface area contributed by atoms with E-state index in [1.54, 1.807) is 4.68 Å². The lowest BCUT2D eigenvalue weighted by molar-refractivity contribution is 0.359. The molecule has 0 aliphatic heterocycles. The number of rotatable bonds is 4. The minimum atomic E-state index is -0.364. The van der Waals surface area contributed by atoms with Gasteiger partial charge in [0.05, 0.1) is 10.6 Å². The van der Waals surface area contributed by atoms with E-state index in [9.17, 15) is 4.79 Å². The number of aryl methyl sites for hydroxylation is 2. The molecular formula is C17H15N5O2S. The summed E-state index contributed by atoms with van der Waals surface area (Å²) in [7, 11) is 0. The van der Waals surface area contributed by atoms with Crippen LogP contribution in [0.4, 0.5) is 0 Å². The number of hydrogen-bond donors (Lipinski definition) is 0. The summed E-state index contributed by atoms with van der Waals surface area (Å²) in [6.45, 7) is 4.16. The van der Waals surface area contributed by atoms with Crippen LogP contribution >= 0.6 is 11.3 Å². The largest absolute Gasteiger partial charge is 0.364 e. The van der Waals surface area contributed by atoms with Crippen LogP contribution in [0.1, 0.15) is 17.0 Å². The molecule has 0 bridgehead atoms. The van der Waals surface area contributed by atoms with Crippen LogP contribution in [0, 0.1) is 13.8 Å². The first-order valence-corrected chi connectivity index (χ1v) is 8.58. The summed E-state index contributed by atoms with van der Waals surface area (Å²) in [6, 6.07) is 9.91. The molecule has 0 N–H and O–H groups in total. The Morgan fingerprint density at radius 2 is 2.12 bits per heavy atom. The van der Waals surface area contributed by atoms with Gasteiger partial charge < -0.3 is 4.52 Å². The fourth-order valence-electron chi connectivity index (χ4n) is 2.58. The first-order chi connectivity index (χ1) is 12.1. The summed E-state index contributed by atoms with van der Waals surface area (Å²) in [5.74, 6) is 0.883. The third kappa shape index (κ3) is 2.91. The summed E-state index contributed by atoms with van der Waals surface area (Å²) in [4.78, 5) is 21.4. The summed E-state index contributed by atoms with van der Waals surface area (Å²) in [5.41, 5.74) is 2.68. The fourth-order valence-corrected chi connectivity index (χ4v) is 3.23. The van der Waals surface area contributed by atoms with Crippen LogP contribution in [0.5, 0.6) is 0 Å². The molecule has 0 spiro atoms. The quantitative estimate of drug-likeness (QED) is 0.564. The van der Waals surface area contributed by atoms with E-state index in [-0.39, 0.29) is 12.2 Å². The molecule has 3 aromatic heterocycles. The molecule has 0 aliphatic rings. The van der Waals surface area contributed by atoms with Gasteiger partial charge in [0.1, 0.15) is 12.9 Å². The van der Waals surface area contributed by atoms with E-state index < -0.39 is 0 Å². The summed E-state index contributed by atoms with van der Waals surface area (Å²) in [5, 5.41) is 5.93. The normalized spacial score (nSPS) is 11.1. The van der Waals surface area contributed by atoms with Crippen molar-refractivity contribution in [3.63, 3.8) is 0 Å². The number of hydrogen-bond acceptors (Lipinski definition) is 6. The van der Waals surface area contributed by atoms with Crippen LogP contribution in [0.2, 0.25) is 0 Å². The Morgan fingerprint density at radius 3 is 2.92 bits per heavy atom. The van der Waals surface area contributed by atoms with E-state index in [1.807, 2.05) is 49.6 Å². The third-order valence-electron chi connectivity index (χ3n) is 3.86. The second-order valence-electron chi connectivity index (χ2n) is 5.71. The monoisotopic (exact) mass is 353 g/mol. The molecule has 7 nitrogen and oxygen atoms in total. The maximum atomic E-state index is 12.2.